The largest absolute Gasteiger partial charge is 0.456 e. The molecular weight excluding hydrogens is 665 g/mol. The van der Waals surface area contributed by atoms with Crippen molar-refractivity contribution in [1.29, 1.82) is 0 Å². The van der Waals surface area contributed by atoms with Crippen molar-refractivity contribution < 1.29 is 8.83 Å². The highest BCUT2D eigenvalue weighted by Gasteiger charge is 2.23. The van der Waals surface area contributed by atoms with Gasteiger partial charge in [0.05, 0.1) is 5.39 Å². The predicted molar refractivity (Wildman–Crippen MR) is 217 cm³/mol. The van der Waals surface area contributed by atoms with Gasteiger partial charge in [0.25, 0.3) is 0 Å². The number of oxazole rings is 1. The molecule has 0 aliphatic carbocycles. The average molecular weight is 693 g/mol. The summed E-state index contributed by atoms with van der Waals surface area (Å²) in [6.07, 6.45) is 0. The van der Waals surface area contributed by atoms with Crippen LogP contribution in [0.3, 0.4) is 0 Å². The number of nitrogens with zero attached hydrogens (tertiary/aromatic N) is 4. The maximum absolute atomic E-state index is 6.65. The molecule has 0 unspecified atom stereocenters. The molecule has 0 saturated carbocycles. The minimum absolute atomic E-state index is 0.556. The Hall–Kier alpha value is -7.44. The van der Waals surface area contributed by atoms with Crippen LogP contribution in [0.15, 0.2) is 179 Å². The van der Waals surface area contributed by atoms with Crippen LogP contribution >= 0.6 is 0 Å². The third-order valence-electron chi connectivity index (χ3n) is 10.2. The van der Waals surface area contributed by atoms with E-state index in [2.05, 4.69) is 115 Å². The number of hydrogen-bond acceptors (Lipinski definition) is 6. The Labute approximate surface area is 309 Å². The van der Waals surface area contributed by atoms with Crippen LogP contribution in [-0.4, -0.2) is 19.9 Å². The Morgan fingerprint density at radius 2 is 0.944 bits per heavy atom. The fraction of sp³-hybridized carbons (Fsp3) is 0. The first-order valence-corrected chi connectivity index (χ1v) is 17.9. The Kier molecular flexibility index (Phi) is 6.75. The number of benzene rings is 8. The molecular formula is C48H28N4O2. The van der Waals surface area contributed by atoms with Crippen LogP contribution in [0.4, 0.5) is 0 Å². The van der Waals surface area contributed by atoms with Crippen LogP contribution in [0, 0.1) is 0 Å². The van der Waals surface area contributed by atoms with Gasteiger partial charge in [-0.15, -0.1) is 0 Å². The molecule has 11 rings (SSSR count). The molecule has 0 saturated heterocycles. The maximum atomic E-state index is 6.65. The van der Waals surface area contributed by atoms with E-state index in [1.807, 2.05) is 54.6 Å². The van der Waals surface area contributed by atoms with Crippen molar-refractivity contribution in [1.82, 2.24) is 19.9 Å². The molecule has 3 aromatic heterocycles. The first-order valence-electron chi connectivity index (χ1n) is 17.9. The van der Waals surface area contributed by atoms with Gasteiger partial charge in [0.2, 0.25) is 5.89 Å². The number of rotatable bonds is 5. The molecule has 0 N–H and O–H groups in total. The van der Waals surface area contributed by atoms with Crippen LogP contribution in [0.5, 0.6) is 0 Å². The lowest BCUT2D eigenvalue weighted by Gasteiger charge is -2.14. The van der Waals surface area contributed by atoms with Crippen molar-refractivity contribution >= 4 is 54.6 Å². The summed E-state index contributed by atoms with van der Waals surface area (Å²) >= 11 is 0. The molecule has 8 aromatic carbocycles. The summed E-state index contributed by atoms with van der Waals surface area (Å²) in [5, 5.41) is 6.04. The van der Waals surface area contributed by atoms with E-state index in [-0.39, 0.29) is 0 Å². The minimum Gasteiger partial charge on any atom is -0.456 e. The Morgan fingerprint density at radius 1 is 0.352 bits per heavy atom. The van der Waals surface area contributed by atoms with E-state index in [1.54, 1.807) is 0 Å². The predicted octanol–water partition coefficient (Wildman–Crippen LogP) is 12.6. The van der Waals surface area contributed by atoms with E-state index < -0.39 is 0 Å². The highest BCUT2D eigenvalue weighted by molar-refractivity contribution is 6.27. The normalized spacial score (nSPS) is 11.7. The maximum Gasteiger partial charge on any atom is 0.227 e. The molecule has 6 heteroatoms. The average Bonchev–Trinajstić information content (AvgIpc) is 3.86. The fourth-order valence-electron chi connectivity index (χ4n) is 7.70. The molecule has 0 fully saturated rings. The van der Waals surface area contributed by atoms with E-state index >= 15 is 0 Å². The lowest BCUT2D eigenvalue weighted by atomic mass is 9.97. The van der Waals surface area contributed by atoms with Gasteiger partial charge in [0, 0.05) is 27.6 Å². The first kappa shape index (κ1) is 30.2. The van der Waals surface area contributed by atoms with E-state index in [9.17, 15) is 0 Å². The van der Waals surface area contributed by atoms with Gasteiger partial charge in [0.15, 0.2) is 23.1 Å². The van der Waals surface area contributed by atoms with Gasteiger partial charge in [-0.3, -0.25) is 0 Å². The number of furan rings is 1. The first-order chi connectivity index (χ1) is 26.8. The summed E-state index contributed by atoms with van der Waals surface area (Å²) in [5.74, 6) is 2.32. The van der Waals surface area contributed by atoms with Gasteiger partial charge in [-0.1, -0.05) is 140 Å². The smallest absolute Gasteiger partial charge is 0.227 e. The minimum atomic E-state index is 0.556. The van der Waals surface area contributed by atoms with Crippen LogP contribution in [0.25, 0.3) is 111 Å². The summed E-state index contributed by atoms with van der Waals surface area (Å²) < 4.78 is 13.2. The second-order valence-electron chi connectivity index (χ2n) is 13.4. The van der Waals surface area contributed by atoms with E-state index in [0.717, 1.165) is 76.8 Å². The lowest BCUT2D eigenvalue weighted by molar-refractivity contribution is 0.622. The molecule has 11 aromatic rings. The number of fused-ring (bicyclic) bond motifs is 8. The van der Waals surface area contributed by atoms with Crippen LogP contribution in [0.1, 0.15) is 0 Å². The lowest BCUT2D eigenvalue weighted by Crippen LogP contribution is -2.02. The van der Waals surface area contributed by atoms with Crippen molar-refractivity contribution in [2.45, 2.75) is 0 Å². The van der Waals surface area contributed by atoms with Gasteiger partial charge in [0.1, 0.15) is 16.7 Å². The van der Waals surface area contributed by atoms with E-state index in [4.69, 9.17) is 28.8 Å². The van der Waals surface area contributed by atoms with Crippen molar-refractivity contribution in [2.24, 2.45) is 0 Å². The van der Waals surface area contributed by atoms with Crippen LogP contribution in [0.2, 0.25) is 0 Å². The Balaban J connectivity index is 1.19. The Morgan fingerprint density at radius 3 is 1.74 bits per heavy atom. The molecule has 54 heavy (non-hydrogen) atoms. The monoisotopic (exact) mass is 692 g/mol. The highest BCUT2D eigenvalue weighted by Crippen LogP contribution is 2.43. The van der Waals surface area contributed by atoms with Crippen LogP contribution in [-0.2, 0) is 0 Å². The molecule has 0 amide bonds. The van der Waals surface area contributed by atoms with Crippen molar-refractivity contribution in [3.05, 3.63) is 170 Å². The van der Waals surface area contributed by atoms with Crippen molar-refractivity contribution in [3.8, 4) is 56.7 Å². The molecule has 252 valence electrons. The SMILES string of the molecule is c1ccc(-c2nc3ccc4oc5cc(-c6nc(-c7ccccc7-c7ccccc7)nc(-c7cccc8ccccc78)n6)c6ccccc6c5c4c3o2)cc1. The summed E-state index contributed by atoms with van der Waals surface area (Å²) in [5.41, 5.74) is 8.66. The highest BCUT2D eigenvalue weighted by atomic mass is 16.4. The van der Waals surface area contributed by atoms with E-state index in [1.165, 1.54) is 0 Å². The second-order valence-corrected chi connectivity index (χ2v) is 13.4. The molecule has 0 aliphatic rings. The summed E-state index contributed by atoms with van der Waals surface area (Å²) in [6.45, 7) is 0. The molecule has 6 nitrogen and oxygen atoms in total. The third kappa shape index (κ3) is 4.81. The standard InChI is InChI=1S/C48H28N4O2/c1-3-14-29(15-4-1)32-21-9-12-24-36(32)45-50-46(37-25-13-19-30-16-7-8-20-33(30)37)52-47(51-45)38-28-41-42(35-23-11-10-22-34(35)38)43-40(53-41)27-26-39-44(43)54-48(49-39)31-17-5-2-6-18-31/h1-28H. The number of hydrogen-bond donors (Lipinski definition) is 0. The van der Waals surface area contributed by atoms with Crippen molar-refractivity contribution in [3.63, 3.8) is 0 Å². The summed E-state index contributed by atoms with van der Waals surface area (Å²) in [7, 11) is 0. The second kappa shape index (κ2) is 12.1. The Bertz CT molecular complexity index is 3220. The zero-order chi connectivity index (χ0) is 35.6. The third-order valence-corrected chi connectivity index (χ3v) is 10.2. The van der Waals surface area contributed by atoms with Gasteiger partial charge in [-0.05, 0) is 63.0 Å². The number of aromatic nitrogens is 4. The molecule has 3 heterocycles. The fourth-order valence-corrected chi connectivity index (χ4v) is 7.70. The molecule has 0 radical (unpaired) electrons. The van der Waals surface area contributed by atoms with E-state index in [0.29, 0.717) is 34.5 Å². The molecule has 0 aliphatic heterocycles. The molecule has 0 bridgehead atoms. The summed E-state index contributed by atoms with van der Waals surface area (Å²) in [6, 6.07) is 57.6. The quantitative estimate of drug-likeness (QED) is 0.179. The van der Waals surface area contributed by atoms with Gasteiger partial charge in [-0.2, -0.15) is 0 Å². The van der Waals surface area contributed by atoms with Gasteiger partial charge < -0.3 is 8.83 Å². The topological polar surface area (TPSA) is 77.8 Å². The summed E-state index contributed by atoms with van der Waals surface area (Å²) in [4.78, 5) is 20.6. The zero-order valence-electron chi connectivity index (χ0n) is 28.8. The molecule has 0 atom stereocenters. The van der Waals surface area contributed by atoms with Crippen molar-refractivity contribution in [2.75, 3.05) is 0 Å². The molecule has 0 spiro atoms. The zero-order valence-corrected chi connectivity index (χ0v) is 28.8. The van der Waals surface area contributed by atoms with Gasteiger partial charge >= 0.3 is 0 Å². The van der Waals surface area contributed by atoms with Crippen LogP contribution < -0.4 is 0 Å². The van der Waals surface area contributed by atoms with Gasteiger partial charge in [-0.25, -0.2) is 19.9 Å².